The lowest BCUT2D eigenvalue weighted by Gasteiger charge is -2.14. The third-order valence-electron chi connectivity index (χ3n) is 4.52. The van der Waals surface area contributed by atoms with Crippen LogP contribution in [0, 0.1) is 17.0 Å². The Bertz CT molecular complexity index is 1010. The third kappa shape index (κ3) is 8.65. The van der Waals surface area contributed by atoms with Gasteiger partial charge in [0.2, 0.25) is 6.41 Å². The van der Waals surface area contributed by atoms with Crippen LogP contribution in [-0.4, -0.2) is 66.1 Å². The van der Waals surface area contributed by atoms with Gasteiger partial charge in [0, 0.05) is 43.3 Å². The van der Waals surface area contributed by atoms with Crippen LogP contribution in [0.2, 0.25) is 0 Å². The van der Waals surface area contributed by atoms with Gasteiger partial charge in [-0.15, -0.1) is 0 Å². The van der Waals surface area contributed by atoms with Gasteiger partial charge < -0.3 is 20.7 Å². The number of alkyl halides is 3. The zero-order valence-electron chi connectivity index (χ0n) is 18.4. The van der Waals surface area contributed by atoms with Gasteiger partial charge in [0.15, 0.2) is 0 Å². The summed E-state index contributed by atoms with van der Waals surface area (Å²) in [6.45, 7) is 3.44. The van der Waals surface area contributed by atoms with Crippen LogP contribution in [0.3, 0.4) is 0 Å². The maximum absolute atomic E-state index is 12.4. The normalized spacial score (nSPS) is 14.5. The summed E-state index contributed by atoms with van der Waals surface area (Å²) in [6, 6.07) is 7.03. The predicted octanol–water partition coefficient (Wildman–Crippen LogP) is 3.17. The van der Waals surface area contributed by atoms with Gasteiger partial charge in [-0.1, -0.05) is 12.1 Å². The third-order valence-corrected chi connectivity index (χ3v) is 4.52. The number of hydrogen-bond donors (Lipinski definition) is 2. The number of pyridine rings is 1. The Morgan fingerprint density at radius 3 is 2.76 bits per heavy atom. The van der Waals surface area contributed by atoms with Gasteiger partial charge in [0.1, 0.15) is 18.1 Å². The summed E-state index contributed by atoms with van der Waals surface area (Å²) < 4.78 is 42.5. The number of benzene rings is 1. The van der Waals surface area contributed by atoms with Gasteiger partial charge in [0.05, 0.1) is 17.1 Å². The average molecular weight is 482 g/mol. The van der Waals surface area contributed by atoms with E-state index in [1.165, 1.54) is 36.5 Å². The average Bonchev–Trinajstić information content (AvgIpc) is 3.07. The van der Waals surface area contributed by atoms with Crippen molar-refractivity contribution in [3.63, 3.8) is 0 Å². The van der Waals surface area contributed by atoms with Crippen molar-refractivity contribution in [1.82, 2.24) is 9.88 Å². The highest BCUT2D eigenvalue weighted by Gasteiger charge is 2.27. The zero-order chi connectivity index (χ0) is 25.1. The second kappa shape index (κ2) is 12.5. The second-order valence-electron chi connectivity index (χ2n) is 7.19. The van der Waals surface area contributed by atoms with Crippen LogP contribution >= 0.6 is 0 Å². The van der Waals surface area contributed by atoms with Crippen molar-refractivity contribution in [2.45, 2.75) is 19.5 Å². The van der Waals surface area contributed by atoms with Crippen molar-refractivity contribution in [2.75, 3.05) is 38.2 Å². The molecule has 0 radical (unpaired) electrons. The molecule has 1 aliphatic rings. The first-order valence-corrected chi connectivity index (χ1v) is 10.2. The molecule has 1 fully saturated rings. The van der Waals surface area contributed by atoms with Gasteiger partial charge in [0.25, 0.3) is 5.69 Å². The predicted molar refractivity (Wildman–Crippen MR) is 120 cm³/mol. The van der Waals surface area contributed by atoms with Crippen molar-refractivity contribution < 1.29 is 27.6 Å². The number of nitro groups is 1. The highest BCUT2D eigenvalue weighted by Crippen LogP contribution is 2.28. The van der Waals surface area contributed by atoms with Crippen LogP contribution in [0.5, 0.6) is 0 Å². The molecule has 0 aliphatic carbocycles. The molecule has 2 heterocycles. The minimum absolute atomic E-state index is 0.00709. The number of amidine groups is 1. The lowest BCUT2D eigenvalue weighted by atomic mass is 10.2. The van der Waals surface area contributed by atoms with Crippen molar-refractivity contribution in [2.24, 2.45) is 10.7 Å². The number of nitrogens with two attached hydrogens (primary N) is 1. The van der Waals surface area contributed by atoms with Gasteiger partial charge >= 0.3 is 6.18 Å². The number of nitro benzene ring substituents is 1. The van der Waals surface area contributed by atoms with Crippen LogP contribution < -0.4 is 11.1 Å². The molecular weight excluding hydrogens is 457 g/mol. The largest absolute Gasteiger partial charge is 0.405 e. The topological polar surface area (TPSA) is 136 Å². The molecule has 0 bridgehead atoms. The number of ether oxygens (including phenoxy) is 1. The number of rotatable bonds is 6. The van der Waals surface area contributed by atoms with E-state index in [1.807, 2.05) is 0 Å². The maximum Gasteiger partial charge on any atom is 0.405 e. The van der Waals surface area contributed by atoms with Crippen molar-refractivity contribution in [3.05, 3.63) is 57.9 Å². The minimum Gasteiger partial charge on any atom is -0.383 e. The molecule has 0 spiro atoms. The van der Waals surface area contributed by atoms with Gasteiger partial charge in [-0.2, -0.15) is 13.2 Å². The number of para-hydroxylation sites is 2. The lowest BCUT2D eigenvalue weighted by molar-refractivity contribution is -0.384. The Kier molecular flexibility index (Phi) is 9.74. The molecule has 1 aliphatic heterocycles. The maximum atomic E-state index is 12.4. The van der Waals surface area contributed by atoms with Crippen LogP contribution in [-0.2, 0) is 9.53 Å². The van der Waals surface area contributed by atoms with E-state index in [-0.39, 0.29) is 28.5 Å². The number of nitrogens with zero attached hydrogens (tertiary/aromatic N) is 4. The Balaban J connectivity index is 0.000000379. The minimum atomic E-state index is -4.42. The molecule has 1 aromatic carbocycles. The van der Waals surface area contributed by atoms with E-state index in [2.05, 4.69) is 15.3 Å². The molecule has 2 aromatic rings. The Labute approximate surface area is 193 Å². The zero-order valence-corrected chi connectivity index (χ0v) is 18.4. The van der Waals surface area contributed by atoms with E-state index >= 15 is 0 Å². The van der Waals surface area contributed by atoms with Crippen molar-refractivity contribution in [1.29, 1.82) is 0 Å². The number of aliphatic imine (C=N–C) groups is 1. The van der Waals surface area contributed by atoms with E-state index in [0.717, 1.165) is 32.5 Å². The highest BCUT2D eigenvalue weighted by atomic mass is 19.4. The number of aryl methyl sites for hydroxylation is 1. The molecule has 1 aromatic heterocycles. The molecule has 3 N–H and O–H groups in total. The van der Waals surface area contributed by atoms with Crippen LogP contribution in [0.1, 0.15) is 17.7 Å². The Hall–Kier alpha value is -3.74. The first kappa shape index (κ1) is 26.5. The summed E-state index contributed by atoms with van der Waals surface area (Å²) >= 11 is 0. The molecular formula is C21H25F3N6O4. The quantitative estimate of drug-likeness (QED) is 0.212. The SMILES string of the molecule is Cc1cc(NCC(F)(F)F)c(C(N)=Nc2ccccc2[N+](=O)[O-])cn1.O=CN1CCCOCC1. The number of amides is 1. The van der Waals surface area contributed by atoms with E-state index in [4.69, 9.17) is 10.5 Å². The number of carbonyl (C=O) groups is 1. The molecule has 1 amide bonds. The van der Waals surface area contributed by atoms with E-state index in [1.54, 1.807) is 11.8 Å². The number of hydrogen-bond acceptors (Lipinski definition) is 7. The summed E-state index contributed by atoms with van der Waals surface area (Å²) in [7, 11) is 0. The molecule has 0 unspecified atom stereocenters. The number of carbonyl (C=O) groups excluding carboxylic acids is 1. The van der Waals surface area contributed by atoms with Crippen LogP contribution in [0.25, 0.3) is 0 Å². The molecule has 0 atom stereocenters. The molecule has 3 rings (SSSR count). The molecule has 0 saturated carbocycles. The molecule has 13 heteroatoms. The van der Waals surface area contributed by atoms with E-state index < -0.39 is 17.6 Å². The van der Waals surface area contributed by atoms with Crippen LogP contribution in [0.15, 0.2) is 41.5 Å². The van der Waals surface area contributed by atoms with E-state index in [0.29, 0.717) is 12.3 Å². The summed E-state index contributed by atoms with van der Waals surface area (Å²) in [5.41, 5.74) is 6.26. The Morgan fingerprint density at radius 1 is 1.35 bits per heavy atom. The summed E-state index contributed by atoms with van der Waals surface area (Å²) in [5, 5.41) is 13.2. The fourth-order valence-corrected chi connectivity index (χ4v) is 2.88. The molecule has 184 valence electrons. The fourth-order valence-electron chi connectivity index (χ4n) is 2.88. The lowest BCUT2D eigenvalue weighted by Crippen LogP contribution is -2.24. The number of halogens is 3. The standard InChI is InChI=1S/C15H14F3N5O2.C6H11NO2/c1-9-6-12(21-8-15(16,17)18)10(7-20-9)14(19)22-11-4-2-3-5-13(11)23(24)25;8-6-7-2-1-4-9-5-3-7/h2-7H,8H2,1H3,(H2,19,22)(H,20,21);6H,1-5H2. The smallest absolute Gasteiger partial charge is 0.383 e. The monoisotopic (exact) mass is 482 g/mol. The van der Waals surface area contributed by atoms with Gasteiger partial charge in [-0.3, -0.25) is 19.9 Å². The summed E-state index contributed by atoms with van der Waals surface area (Å²) in [5.74, 6) is -0.188. The highest BCUT2D eigenvalue weighted by molar-refractivity contribution is 6.03. The molecule has 34 heavy (non-hydrogen) atoms. The molecule has 1 saturated heterocycles. The first-order chi connectivity index (χ1) is 16.1. The van der Waals surface area contributed by atoms with Crippen molar-refractivity contribution >= 4 is 29.3 Å². The number of anilines is 1. The van der Waals surface area contributed by atoms with E-state index in [9.17, 15) is 28.1 Å². The molecule has 10 nitrogen and oxygen atoms in total. The van der Waals surface area contributed by atoms with Gasteiger partial charge in [-0.25, -0.2) is 4.99 Å². The summed E-state index contributed by atoms with van der Waals surface area (Å²) in [4.78, 5) is 30.3. The van der Waals surface area contributed by atoms with Crippen molar-refractivity contribution in [3.8, 4) is 0 Å². The van der Waals surface area contributed by atoms with Crippen LogP contribution in [0.4, 0.5) is 30.2 Å². The van der Waals surface area contributed by atoms with Gasteiger partial charge in [-0.05, 0) is 25.5 Å². The summed E-state index contributed by atoms with van der Waals surface area (Å²) in [6.07, 6.45) is -1.30. The first-order valence-electron chi connectivity index (χ1n) is 10.2. The number of aromatic nitrogens is 1. The fraction of sp³-hybridized carbons (Fsp3) is 0.381. The number of nitrogens with one attached hydrogen (secondary N) is 1. The second-order valence-corrected chi connectivity index (χ2v) is 7.19. The Morgan fingerprint density at radius 2 is 2.09 bits per heavy atom.